The molecule has 0 aliphatic carbocycles. The number of nitrogens with zero attached hydrogens (tertiary/aromatic N) is 2. The molecule has 5 heteroatoms. The molecule has 1 aliphatic heterocycles. The fourth-order valence-electron chi connectivity index (χ4n) is 2.57. The van der Waals surface area contributed by atoms with Crippen molar-refractivity contribution in [2.24, 2.45) is 5.92 Å². The van der Waals surface area contributed by atoms with Crippen LogP contribution in [0.3, 0.4) is 0 Å². The first-order valence-corrected chi connectivity index (χ1v) is 7.52. The van der Waals surface area contributed by atoms with Gasteiger partial charge in [0.15, 0.2) is 0 Å². The SMILES string of the molecule is CC(C)(C)OC(=O)CC1CCN(c2ccc(N)cn2)CC1. The van der Waals surface area contributed by atoms with Crippen LogP contribution in [0.2, 0.25) is 0 Å². The summed E-state index contributed by atoms with van der Waals surface area (Å²) in [5.41, 5.74) is 5.93. The number of piperidine rings is 1. The Hall–Kier alpha value is -1.78. The molecule has 5 nitrogen and oxygen atoms in total. The molecule has 0 aromatic carbocycles. The average Bonchev–Trinajstić information content (AvgIpc) is 2.38. The van der Waals surface area contributed by atoms with E-state index in [0.717, 1.165) is 31.7 Å². The molecule has 2 heterocycles. The van der Waals surface area contributed by atoms with Crippen LogP contribution in [0, 0.1) is 5.92 Å². The number of carbonyl (C=O) groups is 1. The van der Waals surface area contributed by atoms with Crippen LogP contribution in [0.15, 0.2) is 18.3 Å². The second-order valence-corrected chi connectivity index (χ2v) is 6.67. The molecule has 1 saturated heterocycles. The maximum Gasteiger partial charge on any atom is 0.306 e. The van der Waals surface area contributed by atoms with Crippen molar-refractivity contribution in [3.63, 3.8) is 0 Å². The smallest absolute Gasteiger partial charge is 0.306 e. The highest BCUT2D eigenvalue weighted by molar-refractivity contribution is 5.70. The summed E-state index contributed by atoms with van der Waals surface area (Å²) in [6, 6.07) is 3.82. The van der Waals surface area contributed by atoms with Crippen molar-refractivity contribution in [1.82, 2.24) is 4.98 Å². The number of rotatable bonds is 3. The fourth-order valence-corrected chi connectivity index (χ4v) is 2.57. The number of hydrogen-bond donors (Lipinski definition) is 1. The molecule has 1 aromatic heterocycles. The molecular formula is C16H25N3O2. The van der Waals surface area contributed by atoms with Gasteiger partial charge in [-0.15, -0.1) is 0 Å². The van der Waals surface area contributed by atoms with Crippen LogP contribution in [0.5, 0.6) is 0 Å². The van der Waals surface area contributed by atoms with Crippen LogP contribution >= 0.6 is 0 Å². The van der Waals surface area contributed by atoms with E-state index < -0.39 is 5.60 Å². The Morgan fingerprint density at radius 1 is 1.38 bits per heavy atom. The molecule has 21 heavy (non-hydrogen) atoms. The second-order valence-electron chi connectivity index (χ2n) is 6.67. The standard InChI is InChI=1S/C16H25N3O2/c1-16(2,3)21-15(20)10-12-6-8-19(9-7-12)14-5-4-13(17)11-18-14/h4-5,11-12H,6-10,17H2,1-3H3. The number of carbonyl (C=O) groups excluding carboxylic acids is 1. The Morgan fingerprint density at radius 2 is 2.05 bits per heavy atom. The minimum Gasteiger partial charge on any atom is -0.460 e. The quantitative estimate of drug-likeness (QED) is 0.867. The van der Waals surface area contributed by atoms with Gasteiger partial charge >= 0.3 is 5.97 Å². The number of hydrogen-bond acceptors (Lipinski definition) is 5. The van der Waals surface area contributed by atoms with Crippen molar-refractivity contribution in [2.45, 2.75) is 45.6 Å². The van der Waals surface area contributed by atoms with Gasteiger partial charge in [0, 0.05) is 19.5 Å². The Balaban J connectivity index is 1.80. The third-order valence-corrected chi connectivity index (χ3v) is 3.58. The lowest BCUT2D eigenvalue weighted by Crippen LogP contribution is -2.35. The lowest BCUT2D eigenvalue weighted by Gasteiger charge is -2.32. The van der Waals surface area contributed by atoms with Crippen LogP contribution in [0.25, 0.3) is 0 Å². The molecule has 1 fully saturated rings. The first-order valence-electron chi connectivity index (χ1n) is 7.52. The van der Waals surface area contributed by atoms with Gasteiger partial charge in [-0.3, -0.25) is 4.79 Å². The second kappa shape index (κ2) is 6.33. The molecule has 116 valence electrons. The van der Waals surface area contributed by atoms with Crippen LogP contribution < -0.4 is 10.6 Å². The van der Waals surface area contributed by atoms with Crippen molar-refractivity contribution in [3.05, 3.63) is 18.3 Å². The van der Waals surface area contributed by atoms with Gasteiger partial charge < -0.3 is 15.4 Å². The Morgan fingerprint density at radius 3 is 2.57 bits per heavy atom. The number of ether oxygens (including phenoxy) is 1. The zero-order valence-corrected chi connectivity index (χ0v) is 13.1. The molecule has 0 saturated carbocycles. The largest absolute Gasteiger partial charge is 0.460 e. The molecule has 0 amide bonds. The van der Waals surface area contributed by atoms with E-state index in [4.69, 9.17) is 10.5 Å². The molecular weight excluding hydrogens is 266 g/mol. The predicted molar refractivity (Wildman–Crippen MR) is 84.0 cm³/mol. The molecule has 2 N–H and O–H groups in total. The number of nitrogen functional groups attached to an aromatic ring is 1. The molecule has 0 radical (unpaired) electrons. The van der Waals surface area contributed by atoms with Crippen molar-refractivity contribution in [3.8, 4) is 0 Å². The summed E-state index contributed by atoms with van der Waals surface area (Å²) in [5.74, 6) is 1.27. The maximum atomic E-state index is 11.9. The molecule has 1 aromatic rings. The Labute approximate surface area is 126 Å². The third kappa shape index (κ3) is 4.92. The van der Waals surface area contributed by atoms with Gasteiger partial charge in [-0.05, 0) is 51.7 Å². The lowest BCUT2D eigenvalue weighted by molar-refractivity contribution is -0.156. The minimum absolute atomic E-state index is 0.0911. The average molecular weight is 291 g/mol. The van der Waals surface area contributed by atoms with E-state index in [1.165, 1.54) is 0 Å². The van der Waals surface area contributed by atoms with Gasteiger partial charge in [0.2, 0.25) is 0 Å². The van der Waals surface area contributed by atoms with Crippen LogP contribution in [-0.4, -0.2) is 29.6 Å². The zero-order valence-electron chi connectivity index (χ0n) is 13.1. The molecule has 1 aliphatic rings. The summed E-state index contributed by atoms with van der Waals surface area (Å²) in [6.45, 7) is 7.55. The first-order chi connectivity index (χ1) is 9.83. The van der Waals surface area contributed by atoms with E-state index in [0.29, 0.717) is 18.0 Å². The fraction of sp³-hybridized carbons (Fsp3) is 0.625. The molecule has 0 spiro atoms. The third-order valence-electron chi connectivity index (χ3n) is 3.58. The topological polar surface area (TPSA) is 68.5 Å². The Kier molecular flexibility index (Phi) is 4.70. The Bertz CT molecular complexity index is 471. The van der Waals surface area contributed by atoms with Gasteiger partial charge in [-0.2, -0.15) is 0 Å². The van der Waals surface area contributed by atoms with Crippen molar-refractivity contribution in [1.29, 1.82) is 0 Å². The number of esters is 1. The highest BCUT2D eigenvalue weighted by atomic mass is 16.6. The lowest BCUT2D eigenvalue weighted by atomic mass is 9.93. The first kappa shape index (κ1) is 15.6. The van der Waals surface area contributed by atoms with Crippen molar-refractivity contribution >= 4 is 17.5 Å². The van der Waals surface area contributed by atoms with Crippen LogP contribution in [0.1, 0.15) is 40.0 Å². The van der Waals surface area contributed by atoms with E-state index in [1.807, 2.05) is 32.9 Å². The summed E-state index contributed by atoms with van der Waals surface area (Å²) in [7, 11) is 0. The monoisotopic (exact) mass is 291 g/mol. The number of aromatic nitrogens is 1. The zero-order chi connectivity index (χ0) is 15.5. The van der Waals surface area contributed by atoms with Gasteiger partial charge in [-0.1, -0.05) is 0 Å². The van der Waals surface area contributed by atoms with E-state index in [-0.39, 0.29) is 5.97 Å². The summed E-state index contributed by atoms with van der Waals surface area (Å²) in [5, 5.41) is 0. The number of pyridine rings is 1. The van der Waals surface area contributed by atoms with E-state index in [2.05, 4.69) is 9.88 Å². The van der Waals surface area contributed by atoms with Gasteiger partial charge in [-0.25, -0.2) is 4.98 Å². The molecule has 0 unspecified atom stereocenters. The van der Waals surface area contributed by atoms with E-state index in [1.54, 1.807) is 6.20 Å². The van der Waals surface area contributed by atoms with Crippen molar-refractivity contribution < 1.29 is 9.53 Å². The van der Waals surface area contributed by atoms with Crippen molar-refractivity contribution in [2.75, 3.05) is 23.7 Å². The van der Waals surface area contributed by atoms with Gasteiger partial charge in [0.1, 0.15) is 11.4 Å². The van der Waals surface area contributed by atoms with E-state index >= 15 is 0 Å². The summed E-state index contributed by atoms with van der Waals surface area (Å²) in [4.78, 5) is 18.4. The molecule has 0 bridgehead atoms. The maximum absolute atomic E-state index is 11.9. The highest BCUT2D eigenvalue weighted by Gasteiger charge is 2.24. The normalized spacial score (nSPS) is 16.8. The van der Waals surface area contributed by atoms with Crippen LogP contribution in [-0.2, 0) is 9.53 Å². The highest BCUT2D eigenvalue weighted by Crippen LogP contribution is 2.25. The molecule has 0 atom stereocenters. The summed E-state index contributed by atoms with van der Waals surface area (Å²) in [6.07, 6.45) is 4.18. The summed E-state index contributed by atoms with van der Waals surface area (Å²) < 4.78 is 5.39. The van der Waals surface area contributed by atoms with Gasteiger partial charge in [0.25, 0.3) is 0 Å². The van der Waals surface area contributed by atoms with Gasteiger partial charge in [0.05, 0.1) is 11.9 Å². The summed E-state index contributed by atoms with van der Waals surface area (Å²) >= 11 is 0. The van der Waals surface area contributed by atoms with Crippen LogP contribution in [0.4, 0.5) is 11.5 Å². The minimum atomic E-state index is -0.397. The number of anilines is 2. The van der Waals surface area contributed by atoms with E-state index in [9.17, 15) is 4.79 Å². The molecule has 2 rings (SSSR count). The predicted octanol–water partition coefficient (Wildman–Crippen LogP) is 2.61. The number of nitrogens with two attached hydrogens (primary N) is 1.